The van der Waals surface area contributed by atoms with Gasteiger partial charge in [-0.05, 0) is 22.3 Å². The number of carbonyl (C=O) groups is 1. The number of hydrogen-bond donors (Lipinski definition) is 2. The molecular formula is C19H22N2O3. The molecule has 2 aromatic rings. The van der Waals surface area contributed by atoms with Gasteiger partial charge in [-0.1, -0.05) is 48.5 Å². The number of rotatable bonds is 7. The molecule has 1 atom stereocenters. The van der Waals surface area contributed by atoms with E-state index in [1.54, 1.807) is 0 Å². The van der Waals surface area contributed by atoms with Crippen molar-refractivity contribution in [1.82, 2.24) is 0 Å². The van der Waals surface area contributed by atoms with E-state index in [1.807, 2.05) is 24.3 Å². The maximum absolute atomic E-state index is 12.2. The highest BCUT2D eigenvalue weighted by Gasteiger charge is 2.30. The van der Waals surface area contributed by atoms with E-state index in [-0.39, 0.29) is 25.7 Å². The Kier molecular flexibility index (Phi) is 5.25. The summed E-state index contributed by atoms with van der Waals surface area (Å²) in [4.78, 5) is 12.2. The molecule has 0 aromatic heterocycles. The second-order valence-corrected chi connectivity index (χ2v) is 5.74. The lowest BCUT2D eigenvalue weighted by Gasteiger charge is -2.18. The first-order valence-electron chi connectivity index (χ1n) is 8.13. The molecule has 0 amide bonds. The molecule has 1 aliphatic carbocycles. The third-order valence-corrected chi connectivity index (χ3v) is 4.27. The summed E-state index contributed by atoms with van der Waals surface area (Å²) >= 11 is 0. The molecule has 126 valence electrons. The molecule has 2 aromatic carbocycles. The van der Waals surface area contributed by atoms with Crippen LogP contribution in [0.5, 0.6) is 0 Å². The molecule has 4 N–H and O–H groups in total. The maximum Gasteiger partial charge on any atom is 0.336 e. The molecule has 0 aliphatic heterocycles. The summed E-state index contributed by atoms with van der Waals surface area (Å²) in [5.74, 6) is -0.401. The Balaban J connectivity index is 1.75. The lowest BCUT2D eigenvalue weighted by molar-refractivity contribution is -0.156. The molecule has 24 heavy (non-hydrogen) atoms. The predicted molar refractivity (Wildman–Crippen MR) is 92.5 cm³/mol. The fraction of sp³-hybridized carbons (Fsp3) is 0.316. The summed E-state index contributed by atoms with van der Waals surface area (Å²) in [5.41, 5.74) is 15.7. The fourth-order valence-corrected chi connectivity index (χ4v) is 3.14. The number of hydrogen-bond acceptors (Lipinski definition) is 5. The van der Waals surface area contributed by atoms with E-state index < -0.39 is 12.1 Å². The highest BCUT2D eigenvalue weighted by Crippen LogP contribution is 2.44. The van der Waals surface area contributed by atoms with Crippen LogP contribution in [-0.4, -0.2) is 38.4 Å². The van der Waals surface area contributed by atoms with E-state index in [0.29, 0.717) is 6.54 Å². The molecule has 1 aliphatic rings. The van der Waals surface area contributed by atoms with Crippen molar-refractivity contribution in [2.45, 2.75) is 12.0 Å². The molecule has 5 nitrogen and oxygen atoms in total. The Morgan fingerprint density at radius 3 is 2.12 bits per heavy atom. The number of fused-ring (bicyclic) bond motifs is 3. The van der Waals surface area contributed by atoms with Gasteiger partial charge in [0.1, 0.15) is 6.61 Å². The van der Waals surface area contributed by atoms with Crippen LogP contribution in [-0.2, 0) is 14.3 Å². The monoisotopic (exact) mass is 326 g/mol. The van der Waals surface area contributed by atoms with E-state index in [1.165, 1.54) is 22.3 Å². The molecule has 0 saturated heterocycles. The third kappa shape index (κ3) is 3.19. The normalized spacial score (nSPS) is 14.1. The topological polar surface area (TPSA) is 87.6 Å². The number of carbonyl (C=O) groups excluding carboxylic acids is 1. The zero-order chi connectivity index (χ0) is 16.9. The minimum atomic E-state index is -0.763. The Labute approximate surface area is 141 Å². The summed E-state index contributed by atoms with van der Waals surface area (Å²) in [5, 5.41) is 0. The minimum Gasteiger partial charge on any atom is -0.463 e. The van der Waals surface area contributed by atoms with Crippen LogP contribution in [0.1, 0.15) is 17.0 Å². The number of nitrogens with two attached hydrogens (primary N) is 2. The molecule has 0 heterocycles. The van der Waals surface area contributed by atoms with Crippen molar-refractivity contribution < 1.29 is 14.3 Å². The largest absolute Gasteiger partial charge is 0.463 e. The lowest BCUT2D eigenvalue weighted by atomic mass is 9.98. The fourth-order valence-electron chi connectivity index (χ4n) is 3.14. The Morgan fingerprint density at radius 2 is 1.58 bits per heavy atom. The maximum atomic E-state index is 12.2. The average molecular weight is 326 g/mol. The van der Waals surface area contributed by atoms with Crippen molar-refractivity contribution in [3.63, 3.8) is 0 Å². The molecule has 3 rings (SSSR count). The average Bonchev–Trinajstić information content (AvgIpc) is 2.94. The Bertz CT molecular complexity index is 672. The first-order chi connectivity index (χ1) is 11.8. The summed E-state index contributed by atoms with van der Waals surface area (Å²) in [6, 6.07) is 16.4. The number of benzene rings is 2. The van der Waals surface area contributed by atoms with Crippen LogP contribution in [0.3, 0.4) is 0 Å². The standard InChI is InChI=1S/C19H22N2O3/c20-9-10-23-18(11-21)19(22)24-12-17-15-7-3-1-5-13(15)14-6-2-4-8-16(14)17/h1-8,17-18H,9-12,20-21H2/t18-/m1/s1. The summed E-state index contributed by atoms with van der Waals surface area (Å²) in [6.45, 7) is 0.977. The lowest BCUT2D eigenvalue weighted by Crippen LogP contribution is -2.36. The quantitative estimate of drug-likeness (QED) is 0.755. The van der Waals surface area contributed by atoms with Crippen LogP contribution < -0.4 is 11.5 Å². The first-order valence-corrected chi connectivity index (χ1v) is 8.13. The van der Waals surface area contributed by atoms with Gasteiger partial charge in [0.25, 0.3) is 0 Å². The summed E-state index contributed by atoms with van der Waals surface area (Å²) in [6.07, 6.45) is -0.763. The van der Waals surface area contributed by atoms with Gasteiger partial charge in [-0.25, -0.2) is 4.79 Å². The highest BCUT2D eigenvalue weighted by atomic mass is 16.6. The van der Waals surface area contributed by atoms with Gasteiger partial charge in [0.15, 0.2) is 6.10 Å². The Hall–Kier alpha value is -2.21. The third-order valence-electron chi connectivity index (χ3n) is 4.27. The second-order valence-electron chi connectivity index (χ2n) is 5.74. The molecule has 0 spiro atoms. The van der Waals surface area contributed by atoms with Crippen LogP contribution in [0.15, 0.2) is 48.5 Å². The van der Waals surface area contributed by atoms with Crippen LogP contribution in [0, 0.1) is 0 Å². The molecule has 0 fully saturated rings. The smallest absolute Gasteiger partial charge is 0.336 e. The van der Waals surface area contributed by atoms with Gasteiger partial charge >= 0.3 is 5.97 Å². The minimum absolute atomic E-state index is 0.0364. The molecule has 0 unspecified atom stereocenters. The summed E-state index contributed by atoms with van der Waals surface area (Å²) < 4.78 is 10.8. The second kappa shape index (κ2) is 7.57. The van der Waals surface area contributed by atoms with Crippen LogP contribution in [0.4, 0.5) is 0 Å². The van der Waals surface area contributed by atoms with Gasteiger partial charge in [0.2, 0.25) is 0 Å². The van der Waals surface area contributed by atoms with Gasteiger partial charge < -0.3 is 20.9 Å². The van der Waals surface area contributed by atoms with Gasteiger partial charge in [-0.15, -0.1) is 0 Å². The molecular weight excluding hydrogens is 304 g/mol. The molecule has 0 bridgehead atoms. The van der Waals surface area contributed by atoms with Crippen LogP contribution in [0.25, 0.3) is 11.1 Å². The van der Waals surface area contributed by atoms with Crippen molar-refractivity contribution in [2.24, 2.45) is 11.5 Å². The molecule has 5 heteroatoms. The Morgan fingerprint density at radius 1 is 1.00 bits per heavy atom. The zero-order valence-electron chi connectivity index (χ0n) is 13.5. The first kappa shape index (κ1) is 16.6. The van der Waals surface area contributed by atoms with E-state index in [4.69, 9.17) is 20.9 Å². The van der Waals surface area contributed by atoms with Crippen LogP contribution >= 0.6 is 0 Å². The van der Waals surface area contributed by atoms with Crippen molar-refractivity contribution in [1.29, 1.82) is 0 Å². The molecule has 0 radical (unpaired) electrons. The van der Waals surface area contributed by atoms with Crippen LogP contribution in [0.2, 0.25) is 0 Å². The number of esters is 1. The summed E-state index contributed by atoms with van der Waals surface area (Å²) in [7, 11) is 0. The van der Waals surface area contributed by atoms with Gasteiger partial charge in [0.05, 0.1) is 6.61 Å². The van der Waals surface area contributed by atoms with Crippen molar-refractivity contribution in [2.75, 3.05) is 26.3 Å². The predicted octanol–water partition coefficient (Wildman–Crippen LogP) is 1.64. The van der Waals surface area contributed by atoms with Crippen molar-refractivity contribution in [3.8, 4) is 11.1 Å². The van der Waals surface area contributed by atoms with Crippen molar-refractivity contribution in [3.05, 3.63) is 59.7 Å². The van der Waals surface area contributed by atoms with Gasteiger partial charge in [-0.2, -0.15) is 0 Å². The molecule has 0 saturated carbocycles. The highest BCUT2D eigenvalue weighted by molar-refractivity contribution is 5.79. The van der Waals surface area contributed by atoms with Gasteiger partial charge in [0, 0.05) is 19.0 Å². The van der Waals surface area contributed by atoms with E-state index in [2.05, 4.69) is 24.3 Å². The zero-order valence-corrected chi connectivity index (χ0v) is 13.5. The van der Waals surface area contributed by atoms with E-state index in [0.717, 1.165) is 0 Å². The van der Waals surface area contributed by atoms with Crippen molar-refractivity contribution >= 4 is 5.97 Å². The number of ether oxygens (including phenoxy) is 2. The van der Waals surface area contributed by atoms with E-state index >= 15 is 0 Å². The van der Waals surface area contributed by atoms with E-state index in [9.17, 15) is 4.79 Å². The SMILES string of the molecule is NCCO[C@H](CN)C(=O)OCC1c2ccccc2-c2ccccc21. The van der Waals surface area contributed by atoms with Gasteiger partial charge in [-0.3, -0.25) is 0 Å².